The number of aromatic nitrogens is 2. The molecule has 1 aromatic carbocycles. The molecule has 0 aliphatic heterocycles. The Bertz CT molecular complexity index is 714. The van der Waals surface area contributed by atoms with E-state index in [1.807, 2.05) is 6.92 Å². The second-order valence-electron chi connectivity index (χ2n) is 3.87. The molecule has 0 spiro atoms. The van der Waals surface area contributed by atoms with Crippen molar-refractivity contribution in [1.29, 1.82) is 0 Å². The summed E-state index contributed by atoms with van der Waals surface area (Å²) in [6.07, 6.45) is 0. The third kappa shape index (κ3) is 4.72. The predicted octanol–water partition coefficient (Wildman–Crippen LogP) is 3.90. The van der Waals surface area contributed by atoms with Gasteiger partial charge in [0.05, 0.1) is 5.75 Å². The van der Waals surface area contributed by atoms with Crippen molar-refractivity contribution in [2.75, 3.05) is 10.5 Å². The highest BCUT2D eigenvalue weighted by atomic mass is 35.5. The summed E-state index contributed by atoms with van der Waals surface area (Å²) in [5.74, 6) is 0.526. The molecule has 21 heavy (non-hydrogen) atoms. The minimum atomic E-state index is -3.65. The van der Waals surface area contributed by atoms with Gasteiger partial charge in [0.25, 0.3) is 0 Å². The van der Waals surface area contributed by atoms with Crippen LogP contribution in [0.2, 0.25) is 10.0 Å². The van der Waals surface area contributed by atoms with E-state index in [9.17, 15) is 8.42 Å². The van der Waals surface area contributed by atoms with Gasteiger partial charge in [0.1, 0.15) is 0 Å². The van der Waals surface area contributed by atoms with Gasteiger partial charge in [-0.05, 0) is 17.9 Å². The number of halogens is 2. The van der Waals surface area contributed by atoms with Gasteiger partial charge < -0.3 is 0 Å². The van der Waals surface area contributed by atoms with Crippen molar-refractivity contribution in [3.05, 3.63) is 33.8 Å². The maximum atomic E-state index is 12.1. The lowest BCUT2D eigenvalue weighted by atomic mass is 10.2. The molecule has 0 saturated carbocycles. The monoisotopic (exact) mass is 383 g/mol. The first-order valence-electron chi connectivity index (χ1n) is 5.81. The summed E-state index contributed by atoms with van der Waals surface area (Å²) >= 11 is 14.6. The summed E-state index contributed by atoms with van der Waals surface area (Å²) in [4.78, 5) is 0. The van der Waals surface area contributed by atoms with Gasteiger partial charge in [-0.25, -0.2) is 8.42 Å². The standard InChI is InChI=1S/C11H11Cl2N3O2S3/c1-2-19-11-15-14-10(20-11)16-21(17,18)6-7-8(12)4-3-5-9(7)13/h3-5H,2,6H2,1H3,(H,14,16). The normalized spacial score (nSPS) is 11.6. The second-order valence-corrected chi connectivity index (χ2v) is 8.89. The molecule has 1 N–H and O–H groups in total. The van der Waals surface area contributed by atoms with Crippen molar-refractivity contribution < 1.29 is 8.42 Å². The van der Waals surface area contributed by atoms with Gasteiger partial charge in [-0.3, -0.25) is 4.72 Å². The lowest BCUT2D eigenvalue weighted by Gasteiger charge is -2.08. The summed E-state index contributed by atoms with van der Waals surface area (Å²) in [5.41, 5.74) is 0.362. The lowest BCUT2D eigenvalue weighted by molar-refractivity contribution is 0.600. The molecule has 0 aliphatic carbocycles. The third-order valence-electron chi connectivity index (χ3n) is 2.31. The fourth-order valence-corrected chi connectivity index (χ4v) is 5.27. The van der Waals surface area contributed by atoms with Gasteiger partial charge in [0.2, 0.25) is 15.2 Å². The molecular weight excluding hydrogens is 373 g/mol. The quantitative estimate of drug-likeness (QED) is 0.765. The minimum absolute atomic E-state index is 0.231. The van der Waals surface area contributed by atoms with Crippen molar-refractivity contribution in [2.24, 2.45) is 0 Å². The molecule has 1 heterocycles. The molecule has 2 rings (SSSR count). The van der Waals surface area contributed by atoms with E-state index in [4.69, 9.17) is 23.2 Å². The van der Waals surface area contributed by atoms with E-state index < -0.39 is 10.0 Å². The Kier molecular flexibility index (Phi) is 5.73. The fourth-order valence-electron chi connectivity index (χ4n) is 1.46. The molecule has 0 unspecified atom stereocenters. The number of benzene rings is 1. The van der Waals surface area contributed by atoms with Gasteiger partial charge in [-0.1, -0.05) is 59.3 Å². The molecule has 2 aromatic rings. The van der Waals surface area contributed by atoms with Crippen LogP contribution in [-0.4, -0.2) is 24.4 Å². The number of thioether (sulfide) groups is 1. The number of nitrogens with zero attached hydrogens (tertiary/aromatic N) is 2. The van der Waals surface area contributed by atoms with Gasteiger partial charge in [0, 0.05) is 15.6 Å². The zero-order valence-electron chi connectivity index (χ0n) is 10.8. The number of sulfonamides is 1. The van der Waals surface area contributed by atoms with Crippen molar-refractivity contribution in [1.82, 2.24) is 10.2 Å². The average molecular weight is 384 g/mol. The molecule has 0 radical (unpaired) electrons. The van der Waals surface area contributed by atoms with E-state index >= 15 is 0 Å². The summed E-state index contributed by atoms with van der Waals surface area (Å²) in [6.45, 7) is 1.98. The molecule has 0 amide bonds. The van der Waals surface area contributed by atoms with Crippen LogP contribution in [0.4, 0.5) is 5.13 Å². The zero-order chi connectivity index (χ0) is 15.5. The minimum Gasteiger partial charge on any atom is -0.257 e. The number of nitrogens with one attached hydrogen (secondary N) is 1. The maximum Gasteiger partial charge on any atom is 0.238 e. The van der Waals surface area contributed by atoms with Crippen molar-refractivity contribution >= 4 is 61.5 Å². The van der Waals surface area contributed by atoms with Crippen LogP contribution in [-0.2, 0) is 15.8 Å². The number of hydrogen-bond acceptors (Lipinski definition) is 6. The van der Waals surface area contributed by atoms with Gasteiger partial charge in [0.15, 0.2) is 4.34 Å². The second kappa shape index (κ2) is 7.15. The maximum absolute atomic E-state index is 12.1. The third-order valence-corrected chi connectivity index (χ3v) is 6.18. The van der Waals surface area contributed by atoms with E-state index in [0.717, 1.165) is 5.75 Å². The molecule has 0 aliphatic rings. The first-order chi connectivity index (χ1) is 9.91. The zero-order valence-corrected chi connectivity index (χ0v) is 14.8. The van der Waals surface area contributed by atoms with Crippen LogP contribution in [0.15, 0.2) is 22.5 Å². The SMILES string of the molecule is CCSc1nnc(NS(=O)(=O)Cc2c(Cl)cccc2Cl)s1. The van der Waals surface area contributed by atoms with E-state index in [0.29, 0.717) is 19.9 Å². The van der Waals surface area contributed by atoms with Crippen LogP contribution in [0, 0.1) is 0 Å². The van der Waals surface area contributed by atoms with Gasteiger partial charge >= 0.3 is 0 Å². The smallest absolute Gasteiger partial charge is 0.238 e. The number of anilines is 1. The van der Waals surface area contributed by atoms with Crippen LogP contribution < -0.4 is 4.72 Å². The Hall–Kier alpha value is -0.540. The summed E-state index contributed by atoms with van der Waals surface area (Å²) in [5, 5.41) is 8.54. The summed E-state index contributed by atoms with van der Waals surface area (Å²) < 4.78 is 27.4. The number of hydrogen-bond donors (Lipinski definition) is 1. The molecule has 0 fully saturated rings. The van der Waals surface area contributed by atoms with Gasteiger partial charge in [-0.15, -0.1) is 10.2 Å². The topological polar surface area (TPSA) is 72.0 Å². The molecule has 0 saturated heterocycles. The van der Waals surface area contributed by atoms with Crippen molar-refractivity contribution in [3.63, 3.8) is 0 Å². The fraction of sp³-hybridized carbons (Fsp3) is 0.273. The largest absolute Gasteiger partial charge is 0.257 e. The van der Waals surface area contributed by atoms with Crippen LogP contribution in [0.3, 0.4) is 0 Å². The molecule has 5 nitrogen and oxygen atoms in total. The van der Waals surface area contributed by atoms with E-state index in [2.05, 4.69) is 14.9 Å². The Balaban J connectivity index is 2.15. The Morgan fingerprint density at radius 1 is 1.29 bits per heavy atom. The van der Waals surface area contributed by atoms with Crippen LogP contribution >= 0.6 is 46.3 Å². The first kappa shape index (κ1) is 16.8. The average Bonchev–Trinajstić information content (AvgIpc) is 2.81. The van der Waals surface area contributed by atoms with Gasteiger partial charge in [-0.2, -0.15) is 0 Å². The first-order valence-corrected chi connectivity index (χ1v) is 10.0. The highest BCUT2D eigenvalue weighted by molar-refractivity contribution is 8.01. The lowest BCUT2D eigenvalue weighted by Crippen LogP contribution is -2.15. The van der Waals surface area contributed by atoms with Crippen molar-refractivity contribution in [2.45, 2.75) is 17.0 Å². The molecule has 0 bridgehead atoms. The molecular formula is C11H11Cl2N3O2S3. The predicted molar refractivity (Wildman–Crippen MR) is 89.0 cm³/mol. The van der Waals surface area contributed by atoms with Crippen molar-refractivity contribution in [3.8, 4) is 0 Å². The Morgan fingerprint density at radius 3 is 2.57 bits per heavy atom. The molecule has 114 valence electrons. The molecule has 0 atom stereocenters. The van der Waals surface area contributed by atoms with Crippen LogP contribution in [0.25, 0.3) is 0 Å². The highest BCUT2D eigenvalue weighted by Gasteiger charge is 2.18. The summed E-state index contributed by atoms with van der Waals surface area (Å²) in [7, 11) is -3.65. The van der Waals surface area contributed by atoms with E-state index in [1.54, 1.807) is 18.2 Å². The molecule has 10 heteroatoms. The molecule has 1 aromatic heterocycles. The Morgan fingerprint density at radius 2 is 1.95 bits per heavy atom. The number of rotatable bonds is 6. The summed E-state index contributed by atoms with van der Waals surface area (Å²) in [6, 6.07) is 4.85. The van der Waals surface area contributed by atoms with E-state index in [-0.39, 0.29) is 10.9 Å². The Labute approximate surface area is 141 Å². The van der Waals surface area contributed by atoms with E-state index in [1.165, 1.54) is 23.1 Å². The van der Waals surface area contributed by atoms with Crippen LogP contribution in [0.1, 0.15) is 12.5 Å². The highest BCUT2D eigenvalue weighted by Crippen LogP contribution is 2.29. The van der Waals surface area contributed by atoms with Crippen LogP contribution in [0.5, 0.6) is 0 Å².